The van der Waals surface area contributed by atoms with Gasteiger partial charge in [-0.2, -0.15) is 0 Å². The van der Waals surface area contributed by atoms with Gasteiger partial charge in [0.25, 0.3) is 0 Å². The molecule has 0 aliphatic rings. The molecule has 0 fully saturated rings. The molecule has 88 valence electrons. The Balaban J connectivity index is 2.32. The Hall–Kier alpha value is -1.58. The standard InChI is InChI=1S/C12H19N3O/c1-2-3-4-5-6-12(16)15-11-7-8-14-9-10(11)13/h7-9H,2-6,13H2,1H3,(H,14,15,16). The summed E-state index contributed by atoms with van der Waals surface area (Å²) in [5.74, 6) is 0.0222. The minimum absolute atomic E-state index is 0.0222. The second-order valence-corrected chi connectivity index (χ2v) is 3.82. The van der Waals surface area contributed by atoms with Gasteiger partial charge in [0.15, 0.2) is 0 Å². The van der Waals surface area contributed by atoms with Crippen molar-refractivity contribution >= 4 is 17.3 Å². The number of aromatic nitrogens is 1. The third-order valence-corrected chi connectivity index (χ3v) is 2.38. The maximum absolute atomic E-state index is 11.5. The molecule has 4 nitrogen and oxygen atoms in total. The van der Waals surface area contributed by atoms with E-state index in [1.165, 1.54) is 19.0 Å². The first-order valence-corrected chi connectivity index (χ1v) is 5.73. The van der Waals surface area contributed by atoms with Crippen LogP contribution in [0.25, 0.3) is 0 Å². The molecule has 3 N–H and O–H groups in total. The van der Waals surface area contributed by atoms with Crippen molar-refractivity contribution in [1.29, 1.82) is 0 Å². The molecule has 1 aromatic rings. The number of pyridine rings is 1. The molecule has 1 amide bonds. The first-order valence-electron chi connectivity index (χ1n) is 5.73. The van der Waals surface area contributed by atoms with Crippen LogP contribution in [-0.4, -0.2) is 10.9 Å². The summed E-state index contributed by atoms with van der Waals surface area (Å²) in [7, 11) is 0. The largest absolute Gasteiger partial charge is 0.396 e. The SMILES string of the molecule is CCCCCCC(=O)Nc1ccncc1N. The third kappa shape index (κ3) is 4.29. The summed E-state index contributed by atoms with van der Waals surface area (Å²) in [4.78, 5) is 15.4. The Labute approximate surface area is 96.3 Å². The maximum Gasteiger partial charge on any atom is 0.224 e. The molecule has 0 bridgehead atoms. The van der Waals surface area contributed by atoms with Crippen LogP contribution in [0.3, 0.4) is 0 Å². The Bertz CT molecular complexity index is 339. The maximum atomic E-state index is 11.5. The minimum atomic E-state index is 0.0222. The quantitative estimate of drug-likeness (QED) is 0.725. The first-order chi connectivity index (χ1) is 7.74. The number of nitrogens with two attached hydrogens (primary N) is 1. The highest BCUT2D eigenvalue weighted by molar-refractivity contribution is 5.93. The van der Waals surface area contributed by atoms with Crippen LogP contribution in [0.1, 0.15) is 39.0 Å². The van der Waals surface area contributed by atoms with Gasteiger partial charge in [-0.05, 0) is 12.5 Å². The number of nitrogens with zero attached hydrogens (tertiary/aromatic N) is 1. The zero-order valence-corrected chi connectivity index (χ0v) is 9.70. The van der Waals surface area contributed by atoms with Gasteiger partial charge in [0.2, 0.25) is 5.91 Å². The van der Waals surface area contributed by atoms with Crippen LogP contribution >= 0.6 is 0 Å². The summed E-state index contributed by atoms with van der Waals surface area (Å²) in [6, 6.07) is 1.71. The van der Waals surface area contributed by atoms with Gasteiger partial charge in [0.05, 0.1) is 17.6 Å². The number of carbonyl (C=O) groups is 1. The zero-order valence-electron chi connectivity index (χ0n) is 9.70. The second kappa shape index (κ2) is 6.82. The van der Waals surface area contributed by atoms with Gasteiger partial charge >= 0.3 is 0 Å². The molecule has 4 heteroatoms. The number of hydrogen-bond donors (Lipinski definition) is 2. The van der Waals surface area contributed by atoms with Crippen molar-refractivity contribution in [1.82, 2.24) is 4.98 Å². The molecule has 0 aliphatic carbocycles. The number of nitrogen functional groups attached to an aromatic ring is 1. The van der Waals surface area contributed by atoms with Crippen molar-refractivity contribution in [2.45, 2.75) is 39.0 Å². The van der Waals surface area contributed by atoms with Crippen LogP contribution in [-0.2, 0) is 4.79 Å². The van der Waals surface area contributed by atoms with Crippen molar-refractivity contribution in [2.75, 3.05) is 11.1 Å². The van der Waals surface area contributed by atoms with Gasteiger partial charge in [-0.1, -0.05) is 26.2 Å². The Morgan fingerprint density at radius 1 is 1.44 bits per heavy atom. The van der Waals surface area contributed by atoms with Gasteiger partial charge in [0, 0.05) is 12.6 Å². The highest BCUT2D eigenvalue weighted by Gasteiger charge is 2.04. The first kappa shape index (κ1) is 12.5. The van der Waals surface area contributed by atoms with Gasteiger partial charge in [-0.15, -0.1) is 0 Å². The monoisotopic (exact) mass is 221 g/mol. The fourth-order valence-corrected chi connectivity index (χ4v) is 1.45. The van der Waals surface area contributed by atoms with Crippen molar-refractivity contribution in [3.63, 3.8) is 0 Å². The Kier molecular flexibility index (Phi) is 5.32. The predicted molar refractivity (Wildman–Crippen MR) is 66.0 cm³/mol. The molecule has 0 saturated carbocycles. The number of anilines is 2. The molecule has 0 atom stereocenters. The van der Waals surface area contributed by atoms with E-state index in [0.717, 1.165) is 12.8 Å². The molecule has 1 heterocycles. The van der Waals surface area contributed by atoms with Crippen LogP contribution < -0.4 is 11.1 Å². The number of amides is 1. The normalized spacial score (nSPS) is 10.1. The van der Waals surface area contributed by atoms with Gasteiger partial charge in [0.1, 0.15) is 0 Å². The zero-order chi connectivity index (χ0) is 11.8. The highest BCUT2D eigenvalue weighted by Crippen LogP contribution is 2.15. The molecule has 0 aromatic carbocycles. The topological polar surface area (TPSA) is 68.0 Å². The Morgan fingerprint density at radius 2 is 2.25 bits per heavy atom. The van der Waals surface area contributed by atoms with Crippen LogP contribution in [0.2, 0.25) is 0 Å². The Morgan fingerprint density at radius 3 is 2.94 bits per heavy atom. The summed E-state index contributed by atoms with van der Waals surface area (Å²) in [5.41, 5.74) is 6.82. The lowest BCUT2D eigenvalue weighted by atomic mass is 10.1. The van der Waals surface area contributed by atoms with Crippen molar-refractivity contribution in [3.8, 4) is 0 Å². The number of nitrogens with one attached hydrogen (secondary N) is 1. The van der Waals surface area contributed by atoms with Crippen molar-refractivity contribution in [3.05, 3.63) is 18.5 Å². The number of unbranched alkanes of at least 4 members (excludes halogenated alkanes) is 3. The smallest absolute Gasteiger partial charge is 0.224 e. The van der Waals surface area contributed by atoms with Crippen molar-refractivity contribution < 1.29 is 4.79 Å². The van der Waals surface area contributed by atoms with Gasteiger partial charge in [-0.3, -0.25) is 9.78 Å². The minimum Gasteiger partial charge on any atom is -0.396 e. The van der Waals surface area contributed by atoms with E-state index in [9.17, 15) is 4.79 Å². The van der Waals surface area contributed by atoms with E-state index in [2.05, 4.69) is 17.2 Å². The average Bonchev–Trinajstić information content (AvgIpc) is 2.28. The highest BCUT2D eigenvalue weighted by atomic mass is 16.1. The summed E-state index contributed by atoms with van der Waals surface area (Å²) in [6.07, 6.45) is 8.11. The molecule has 0 spiro atoms. The lowest BCUT2D eigenvalue weighted by Gasteiger charge is -2.06. The molecule has 16 heavy (non-hydrogen) atoms. The van der Waals surface area contributed by atoms with E-state index in [0.29, 0.717) is 17.8 Å². The molecule has 0 unspecified atom stereocenters. The van der Waals surface area contributed by atoms with E-state index in [-0.39, 0.29) is 5.91 Å². The van der Waals surface area contributed by atoms with Gasteiger partial charge in [-0.25, -0.2) is 0 Å². The number of rotatable bonds is 6. The van der Waals surface area contributed by atoms with E-state index in [1.54, 1.807) is 12.3 Å². The fraction of sp³-hybridized carbons (Fsp3) is 0.500. The van der Waals surface area contributed by atoms with E-state index < -0.39 is 0 Å². The summed E-state index contributed by atoms with van der Waals surface area (Å²) in [6.45, 7) is 2.15. The lowest BCUT2D eigenvalue weighted by molar-refractivity contribution is -0.116. The lowest BCUT2D eigenvalue weighted by Crippen LogP contribution is -2.12. The molecular weight excluding hydrogens is 202 g/mol. The summed E-state index contributed by atoms with van der Waals surface area (Å²) in [5, 5.41) is 2.78. The van der Waals surface area contributed by atoms with E-state index >= 15 is 0 Å². The van der Waals surface area contributed by atoms with Crippen LogP contribution in [0.15, 0.2) is 18.5 Å². The van der Waals surface area contributed by atoms with Crippen LogP contribution in [0.5, 0.6) is 0 Å². The average molecular weight is 221 g/mol. The van der Waals surface area contributed by atoms with Crippen LogP contribution in [0.4, 0.5) is 11.4 Å². The van der Waals surface area contributed by atoms with E-state index in [1.807, 2.05) is 0 Å². The molecular formula is C12H19N3O. The number of carbonyl (C=O) groups excluding carboxylic acids is 1. The predicted octanol–water partition coefficient (Wildman–Crippen LogP) is 2.57. The molecule has 0 saturated heterocycles. The molecule has 1 aromatic heterocycles. The second-order valence-electron chi connectivity index (χ2n) is 3.82. The third-order valence-electron chi connectivity index (χ3n) is 2.38. The van der Waals surface area contributed by atoms with Crippen molar-refractivity contribution in [2.24, 2.45) is 0 Å². The summed E-state index contributed by atoms with van der Waals surface area (Å²) >= 11 is 0. The fourth-order valence-electron chi connectivity index (χ4n) is 1.45. The molecule has 1 rings (SSSR count). The molecule has 0 aliphatic heterocycles. The number of hydrogen-bond acceptors (Lipinski definition) is 3. The van der Waals surface area contributed by atoms with Gasteiger partial charge < -0.3 is 11.1 Å². The summed E-state index contributed by atoms with van der Waals surface area (Å²) < 4.78 is 0. The van der Waals surface area contributed by atoms with E-state index in [4.69, 9.17) is 5.73 Å². The van der Waals surface area contributed by atoms with Crippen LogP contribution in [0, 0.1) is 0 Å². The molecule has 0 radical (unpaired) electrons.